The van der Waals surface area contributed by atoms with E-state index in [0.29, 0.717) is 70.2 Å². The summed E-state index contributed by atoms with van der Waals surface area (Å²) in [7, 11) is 0. The lowest BCUT2D eigenvalue weighted by atomic mass is 9.52. The summed E-state index contributed by atoms with van der Waals surface area (Å²) in [6.07, 6.45) is 11.7. The topological polar surface area (TPSA) is 119 Å². The van der Waals surface area contributed by atoms with Gasteiger partial charge in [-0.2, -0.15) is 26.3 Å². The van der Waals surface area contributed by atoms with Crippen LogP contribution < -0.4 is 0 Å². The average molecular weight is 957 g/mol. The maximum atomic E-state index is 13.1. The van der Waals surface area contributed by atoms with Gasteiger partial charge in [0, 0.05) is 35.4 Å². The molecule has 6 aliphatic rings. The Bertz CT molecular complexity index is 2560. The molecule has 2 aliphatic heterocycles. The Morgan fingerprint density at radius 3 is 1.57 bits per heavy atom. The summed E-state index contributed by atoms with van der Waals surface area (Å²) < 4.78 is 89.5. The Hall–Kier alpha value is -5.34. The highest BCUT2D eigenvalue weighted by Gasteiger charge is 2.64. The highest BCUT2D eigenvalue weighted by Crippen LogP contribution is 2.60. The van der Waals surface area contributed by atoms with Crippen molar-refractivity contribution in [3.05, 3.63) is 120 Å². The predicted molar refractivity (Wildman–Crippen MR) is 247 cm³/mol. The van der Waals surface area contributed by atoms with Crippen LogP contribution in [0.5, 0.6) is 0 Å². The van der Waals surface area contributed by atoms with Gasteiger partial charge in [-0.15, -0.1) is 0 Å². The van der Waals surface area contributed by atoms with Crippen LogP contribution in [0.25, 0.3) is 34.4 Å². The smallest absolute Gasteiger partial charge is 0.416 e. The molecular formula is C55H58F6N2O6. The van der Waals surface area contributed by atoms with Gasteiger partial charge in [0.1, 0.15) is 12.2 Å². The highest BCUT2D eigenvalue weighted by atomic mass is 19.4. The standard InChI is InChI=1S/C28H30F3NO3.C27H28F3NO3/c1-17-25-24(23-8-3-2-5-19(23)14-27(25,16-33)26(34)35-17)12-11-22-10-9-20(15-32-22)18-6-4-7-21(13-18)28(29,30)31;1-16-24-23(22-8-3-2-5-18(22)14-26(24,33)25(32)34-16)12-11-21-10-9-19(15-31-21)17-6-4-7-20(13-17)27(28,29)30/h4,6-7,9-13,15,17,19,23-25,33H,2-3,5,8,14,16H2,1H3;4,6-7,9-13,15-16,18,22-24,33H,2-3,5,8,14H2,1H3/b2*12-11+/t17-,19?,23?,24+,25?,27+;16-,18?,22?,23+,24?,26?/m11/s1. The molecule has 4 aliphatic carbocycles. The molecule has 69 heavy (non-hydrogen) atoms. The van der Waals surface area contributed by atoms with Gasteiger partial charge in [-0.1, -0.05) is 87.1 Å². The number of benzene rings is 2. The fraction of sp³-hybridized carbons (Fsp3) is 0.491. The summed E-state index contributed by atoms with van der Waals surface area (Å²) in [5.41, 5.74) is -0.148. The molecule has 4 saturated carbocycles. The molecule has 12 atom stereocenters. The summed E-state index contributed by atoms with van der Waals surface area (Å²) >= 11 is 0. The molecule has 7 unspecified atom stereocenters. The van der Waals surface area contributed by atoms with Crippen molar-refractivity contribution in [1.82, 2.24) is 9.97 Å². The van der Waals surface area contributed by atoms with Gasteiger partial charge in [-0.05, 0) is 135 Å². The molecule has 2 aromatic heterocycles. The van der Waals surface area contributed by atoms with E-state index in [1.807, 2.05) is 26.0 Å². The van der Waals surface area contributed by atoms with Crippen molar-refractivity contribution in [3.63, 3.8) is 0 Å². The Kier molecular flexibility index (Phi) is 13.5. The van der Waals surface area contributed by atoms with Crippen LogP contribution >= 0.6 is 0 Å². The molecule has 2 N–H and O–H groups in total. The molecule has 0 amide bonds. The quantitative estimate of drug-likeness (QED) is 0.139. The summed E-state index contributed by atoms with van der Waals surface area (Å²) in [6.45, 7) is 3.58. The zero-order valence-electron chi connectivity index (χ0n) is 38.6. The van der Waals surface area contributed by atoms with Crippen LogP contribution in [0.1, 0.15) is 101 Å². The monoisotopic (exact) mass is 956 g/mol. The lowest BCUT2D eigenvalue weighted by Crippen LogP contribution is -2.54. The Labute approximate surface area is 398 Å². The molecule has 10 rings (SSSR count). The second-order valence-corrected chi connectivity index (χ2v) is 20.3. The van der Waals surface area contributed by atoms with Crippen LogP contribution in [-0.4, -0.2) is 56.5 Å². The molecule has 4 heterocycles. The van der Waals surface area contributed by atoms with Gasteiger partial charge in [0.15, 0.2) is 5.60 Å². The lowest BCUT2D eigenvalue weighted by Gasteiger charge is -2.50. The number of alkyl halides is 6. The van der Waals surface area contributed by atoms with E-state index in [0.717, 1.165) is 75.6 Å². The van der Waals surface area contributed by atoms with E-state index < -0.39 is 40.5 Å². The predicted octanol–water partition coefficient (Wildman–Crippen LogP) is 12.0. The first-order valence-electron chi connectivity index (χ1n) is 24.3. The van der Waals surface area contributed by atoms with Crippen LogP contribution in [0.15, 0.2) is 97.3 Å². The van der Waals surface area contributed by atoms with Gasteiger partial charge in [-0.3, -0.25) is 14.8 Å². The maximum Gasteiger partial charge on any atom is 0.416 e. The van der Waals surface area contributed by atoms with Crippen LogP contribution in [0.3, 0.4) is 0 Å². The molecule has 0 bridgehead atoms. The third-order valence-electron chi connectivity index (χ3n) is 16.4. The minimum atomic E-state index is -4.40. The van der Waals surface area contributed by atoms with E-state index in [1.165, 1.54) is 12.1 Å². The van der Waals surface area contributed by atoms with E-state index in [1.54, 1.807) is 48.8 Å². The number of carbonyl (C=O) groups is 2. The van der Waals surface area contributed by atoms with Crippen LogP contribution in [0.4, 0.5) is 26.3 Å². The second kappa shape index (κ2) is 19.1. The Balaban J connectivity index is 0.000000172. The number of pyridine rings is 2. The van der Waals surface area contributed by atoms with Crippen LogP contribution in [-0.2, 0) is 31.4 Å². The third kappa shape index (κ3) is 9.52. The van der Waals surface area contributed by atoms with Gasteiger partial charge < -0.3 is 19.7 Å². The number of cyclic esters (lactones) is 2. The number of halogens is 6. The van der Waals surface area contributed by atoms with Crippen molar-refractivity contribution in [2.75, 3.05) is 6.61 Å². The number of ether oxygens (including phenoxy) is 2. The maximum absolute atomic E-state index is 13.1. The number of aliphatic hydroxyl groups is 2. The summed E-state index contributed by atoms with van der Waals surface area (Å²) in [6, 6.07) is 17.5. The van der Waals surface area contributed by atoms with Crippen LogP contribution in [0, 0.1) is 52.8 Å². The summed E-state index contributed by atoms with van der Waals surface area (Å²) in [4.78, 5) is 34.3. The summed E-state index contributed by atoms with van der Waals surface area (Å²) in [5.74, 6) is 0.430. The van der Waals surface area contributed by atoms with Gasteiger partial charge in [0.05, 0.1) is 34.5 Å². The van der Waals surface area contributed by atoms with Crippen molar-refractivity contribution >= 4 is 24.1 Å². The molecule has 6 fully saturated rings. The summed E-state index contributed by atoms with van der Waals surface area (Å²) in [5, 5.41) is 21.6. The number of allylic oxidation sites excluding steroid dienone is 2. The first-order valence-corrected chi connectivity index (χ1v) is 24.3. The van der Waals surface area contributed by atoms with Gasteiger partial charge >= 0.3 is 24.3 Å². The number of aliphatic hydroxyl groups excluding tert-OH is 1. The normalized spacial score (nSPS) is 33.1. The van der Waals surface area contributed by atoms with Gasteiger partial charge in [0.25, 0.3) is 0 Å². The van der Waals surface area contributed by atoms with Crippen molar-refractivity contribution < 1.29 is 55.6 Å². The molecule has 366 valence electrons. The van der Waals surface area contributed by atoms with Crippen LogP contribution in [0.2, 0.25) is 0 Å². The molecule has 0 radical (unpaired) electrons. The molecule has 2 saturated heterocycles. The zero-order chi connectivity index (χ0) is 48.9. The van der Waals surface area contributed by atoms with E-state index in [9.17, 15) is 46.1 Å². The first-order chi connectivity index (χ1) is 32.9. The van der Waals surface area contributed by atoms with Crippen molar-refractivity contribution in [2.24, 2.45) is 52.8 Å². The second-order valence-electron chi connectivity index (χ2n) is 20.3. The third-order valence-corrected chi connectivity index (χ3v) is 16.4. The number of esters is 2. The number of carbonyl (C=O) groups excluding carboxylic acids is 2. The SMILES string of the molecule is C[C@H]1OC(=O)C2(O)CC3CCCCC3[C@H](/C=C/c3ccc(-c4cccc(C(F)(F)F)c4)cn3)C12.C[C@H]1OC(=O)[C@]2(CO)CC3CCCCC3[C@H](/C=C/c3ccc(-c4cccc(C(F)(F)F)c4)cn3)C12. The number of rotatable bonds is 7. The Morgan fingerprint density at radius 2 is 1.09 bits per heavy atom. The molecule has 8 nitrogen and oxygen atoms in total. The molecular weight excluding hydrogens is 899 g/mol. The highest BCUT2D eigenvalue weighted by molar-refractivity contribution is 5.83. The largest absolute Gasteiger partial charge is 0.462 e. The van der Waals surface area contributed by atoms with Gasteiger partial charge in [-0.25, -0.2) is 4.79 Å². The fourth-order valence-electron chi connectivity index (χ4n) is 13.2. The molecule has 0 spiro atoms. The number of hydrogen-bond donors (Lipinski definition) is 2. The number of nitrogens with zero attached hydrogens (tertiary/aromatic N) is 2. The van der Waals surface area contributed by atoms with Crippen molar-refractivity contribution in [1.29, 1.82) is 0 Å². The number of fused-ring (bicyclic) bond motifs is 4. The van der Waals surface area contributed by atoms with E-state index in [-0.39, 0.29) is 48.5 Å². The van der Waals surface area contributed by atoms with E-state index >= 15 is 0 Å². The first kappa shape index (κ1) is 48.7. The Morgan fingerprint density at radius 1 is 0.623 bits per heavy atom. The average Bonchev–Trinajstić information content (AvgIpc) is 3.73. The number of aromatic nitrogens is 2. The minimum Gasteiger partial charge on any atom is -0.462 e. The molecule has 2 aromatic carbocycles. The number of hydrogen-bond acceptors (Lipinski definition) is 8. The van der Waals surface area contributed by atoms with Gasteiger partial charge in [0.2, 0.25) is 0 Å². The zero-order valence-corrected chi connectivity index (χ0v) is 38.6. The molecule has 14 heteroatoms. The lowest BCUT2D eigenvalue weighted by molar-refractivity contribution is -0.162. The fourth-order valence-corrected chi connectivity index (χ4v) is 13.2. The minimum absolute atomic E-state index is 0.00422. The molecule has 4 aromatic rings. The van der Waals surface area contributed by atoms with E-state index in [4.69, 9.17) is 9.47 Å². The van der Waals surface area contributed by atoms with Crippen molar-refractivity contribution in [2.45, 2.75) is 108 Å². The van der Waals surface area contributed by atoms with Crippen molar-refractivity contribution in [3.8, 4) is 22.3 Å². The van der Waals surface area contributed by atoms with E-state index in [2.05, 4.69) is 22.1 Å².